The van der Waals surface area contributed by atoms with Crippen molar-refractivity contribution in [1.29, 1.82) is 5.26 Å². The molecular formula is C17H13N3O2. The molecule has 2 aromatic rings. The van der Waals surface area contributed by atoms with E-state index in [4.69, 9.17) is 10.00 Å². The molecule has 1 heterocycles. The maximum atomic E-state index is 11.8. The van der Waals surface area contributed by atoms with E-state index in [9.17, 15) is 4.79 Å². The van der Waals surface area contributed by atoms with Gasteiger partial charge in [-0.1, -0.05) is 11.8 Å². The molecule has 0 aliphatic rings. The molecule has 0 atom stereocenters. The van der Waals surface area contributed by atoms with Gasteiger partial charge in [-0.3, -0.25) is 9.78 Å². The number of amides is 1. The van der Waals surface area contributed by atoms with Crippen LogP contribution in [0.25, 0.3) is 0 Å². The van der Waals surface area contributed by atoms with E-state index in [1.165, 1.54) is 0 Å². The number of ether oxygens (including phenoxy) is 1. The van der Waals surface area contributed by atoms with Crippen molar-refractivity contribution in [3.63, 3.8) is 0 Å². The summed E-state index contributed by atoms with van der Waals surface area (Å²) in [5, 5.41) is 11.4. The zero-order valence-electron chi connectivity index (χ0n) is 11.7. The summed E-state index contributed by atoms with van der Waals surface area (Å²) in [6, 6.07) is 12.0. The number of nitrogens with one attached hydrogen (secondary N) is 1. The Hall–Kier alpha value is -3.31. The minimum absolute atomic E-state index is 0.230. The molecule has 108 valence electrons. The Kier molecular flexibility index (Phi) is 5.54. The molecule has 1 aromatic carbocycles. The van der Waals surface area contributed by atoms with Crippen LogP contribution in [0.3, 0.4) is 0 Å². The number of benzene rings is 1. The summed E-state index contributed by atoms with van der Waals surface area (Å²) >= 11 is 0. The van der Waals surface area contributed by atoms with E-state index in [1.54, 1.807) is 48.8 Å². The lowest BCUT2D eigenvalue weighted by molar-refractivity contribution is 0.0958. The van der Waals surface area contributed by atoms with Crippen LogP contribution in [0.1, 0.15) is 15.9 Å². The van der Waals surface area contributed by atoms with E-state index in [0.717, 1.165) is 0 Å². The van der Waals surface area contributed by atoms with E-state index < -0.39 is 0 Å². The Morgan fingerprint density at radius 2 is 2.05 bits per heavy atom. The highest BCUT2D eigenvalue weighted by Gasteiger charge is 2.03. The molecule has 0 fully saturated rings. The maximum Gasteiger partial charge on any atom is 0.252 e. The molecule has 22 heavy (non-hydrogen) atoms. The maximum absolute atomic E-state index is 11.8. The monoisotopic (exact) mass is 291 g/mol. The predicted molar refractivity (Wildman–Crippen MR) is 81.0 cm³/mol. The number of carbonyl (C=O) groups is 1. The summed E-state index contributed by atoms with van der Waals surface area (Å²) in [4.78, 5) is 15.7. The fourth-order valence-corrected chi connectivity index (χ4v) is 1.59. The molecule has 0 spiro atoms. The number of carbonyl (C=O) groups excluding carboxylic acids is 1. The van der Waals surface area contributed by atoms with Crippen LogP contribution in [0.15, 0.2) is 48.8 Å². The minimum Gasteiger partial charge on any atom is -0.479 e. The van der Waals surface area contributed by atoms with Gasteiger partial charge in [-0.05, 0) is 36.4 Å². The van der Waals surface area contributed by atoms with Crippen LogP contribution >= 0.6 is 0 Å². The fraction of sp³-hybridized carbons (Fsp3) is 0.118. The number of nitriles is 1. The fourth-order valence-electron chi connectivity index (χ4n) is 1.59. The van der Waals surface area contributed by atoms with Gasteiger partial charge < -0.3 is 10.1 Å². The smallest absolute Gasteiger partial charge is 0.252 e. The van der Waals surface area contributed by atoms with Gasteiger partial charge in [-0.2, -0.15) is 5.26 Å². The summed E-state index contributed by atoms with van der Waals surface area (Å²) < 4.78 is 5.34. The average molecular weight is 291 g/mol. The molecule has 0 saturated heterocycles. The van der Waals surface area contributed by atoms with E-state index in [1.807, 2.05) is 6.07 Å². The van der Waals surface area contributed by atoms with Crippen molar-refractivity contribution in [2.24, 2.45) is 0 Å². The third kappa shape index (κ3) is 4.66. The third-order valence-electron chi connectivity index (χ3n) is 2.68. The van der Waals surface area contributed by atoms with Gasteiger partial charge >= 0.3 is 0 Å². The van der Waals surface area contributed by atoms with Crippen LogP contribution in [0.4, 0.5) is 0 Å². The highest BCUT2D eigenvalue weighted by Crippen LogP contribution is 2.05. The number of nitrogens with zero attached hydrogens (tertiary/aromatic N) is 2. The van der Waals surface area contributed by atoms with Gasteiger partial charge in [0.25, 0.3) is 5.91 Å². The highest BCUT2D eigenvalue weighted by atomic mass is 16.5. The van der Waals surface area contributed by atoms with Gasteiger partial charge in [0, 0.05) is 11.8 Å². The Morgan fingerprint density at radius 1 is 1.23 bits per heavy atom. The van der Waals surface area contributed by atoms with Crippen molar-refractivity contribution in [3.05, 3.63) is 59.9 Å². The number of hydrogen-bond donors (Lipinski definition) is 1. The zero-order valence-corrected chi connectivity index (χ0v) is 11.7. The summed E-state index contributed by atoms with van der Waals surface area (Å²) in [5.41, 5.74) is 1.01. The second-order valence-electron chi connectivity index (χ2n) is 4.20. The van der Waals surface area contributed by atoms with Crippen molar-refractivity contribution < 1.29 is 9.53 Å². The van der Waals surface area contributed by atoms with Gasteiger partial charge in [-0.25, -0.2) is 0 Å². The first-order valence-corrected chi connectivity index (χ1v) is 6.56. The lowest BCUT2D eigenvalue weighted by atomic mass is 10.1. The molecule has 0 aliphatic heterocycles. The second-order valence-corrected chi connectivity index (χ2v) is 4.20. The van der Waals surface area contributed by atoms with Gasteiger partial charge in [0.15, 0.2) is 0 Å². The summed E-state index contributed by atoms with van der Waals surface area (Å²) in [5.74, 6) is 6.02. The van der Waals surface area contributed by atoms with Crippen LogP contribution in [-0.4, -0.2) is 24.0 Å². The van der Waals surface area contributed by atoms with Gasteiger partial charge in [0.05, 0.1) is 24.4 Å². The molecular weight excluding hydrogens is 278 g/mol. The van der Waals surface area contributed by atoms with Crippen LogP contribution < -0.4 is 10.1 Å². The quantitative estimate of drug-likeness (QED) is 0.871. The molecule has 0 bridgehead atoms. The largest absolute Gasteiger partial charge is 0.479 e. The van der Waals surface area contributed by atoms with Crippen LogP contribution in [0.2, 0.25) is 0 Å². The molecule has 5 heteroatoms. The number of hydrogen-bond acceptors (Lipinski definition) is 4. The molecule has 0 saturated carbocycles. The Morgan fingerprint density at radius 3 is 2.73 bits per heavy atom. The van der Waals surface area contributed by atoms with Gasteiger partial charge in [0.2, 0.25) is 0 Å². The van der Waals surface area contributed by atoms with Crippen molar-refractivity contribution in [2.45, 2.75) is 0 Å². The number of aromatic nitrogens is 1. The molecule has 5 nitrogen and oxygen atoms in total. The third-order valence-corrected chi connectivity index (χ3v) is 2.68. The Labute approximate surface area is 128 Å². The van der Waals surface area contributed by atoms with Gasteiger partial charge in [-0.15, -0.1) is 0 Å². The highest BCUT2D eigenvalue weighted by molar-refractivity contribution is 5.94. The Bertz CT molecular complexity index is 722. The summed E-state index contributed by atoms with van der Waals surface area (Å²) in [6.07, 6.45) is 3.27. The van der Waals surface area contributed by atoms with Crippen LogP contribution in [0.5, 0.6) is 5.75 Å². The van der Waals surface area contributed by atoms with Crippen molar-refractivity contribution in [3.8, 4) is 23.7 Å². The molecule has 2 rings (SSSR count). The molecule has 1 amide bonds. The zero-order chi connectivity index (χ0) is 15.6. The van der Waals surface area contributed by atoms with Crippen molar-refractivity contribution >= 4 is 5.91 Å². The number of rotatable bonds is 4. The van der Waals surface area contributed by atoms with Crippen LogP contribution in [0, 0.1) is 23.2 Å². The molecule has 1 aromatic heterocycles. The lowest BCUT2D eigenvalue weighted by Gasteiger charge is -2.01. The first-order valence-electron chi connectivity index (χ1n) is 6.56. The second kappa shape index (κ2) is 8.08. The van der Waals surface area contributed by atoms with E-state index >= 15 is 0 Å². The van der Waals surface area contributed by atoms with Crippen LogP contribution in [-0.2, 0) is 0 Å². The molecule has 1 N–H and O–H groups in total. The normalized spacial score (nSPS) is 9.05. The topological polar surface area (TPSA) is 75.0 Å². The molecule has 0 radical (unpaired) electrons. The standard InChI is InChI=1S/C17H13N3O2/c18-12-14-5-7-15(8-6-14)17(21)20-10-1-2-11-22-16-4-3-9-19-13-16/h3-9,13H,10-11H2,(H,20,21). The number of pyridine rings is 1. The molecule has 0 aliphatic carbocycles. The lowest BCUT2D eigenvalue weighted by Crippen LogP contribution is -2.23. The first-order chi connectivity index (χ1) is 10.8. The summed E-state index contributed by atoms with van der Waals surface area (Å²) in [7, 11) is 0. The Balaban J connectivity index is 1.73. The predicted octanol–water partition coefficient (Wildman–Crippen LogP) is 1.77. The molecule has 0 unspecified atom stereocenters. The average Bonchev–Trinajstić information content (AvgIpc) is 2.58. The van der Waals surface area contributed by atoms with E-state index in [2.05, 4.69) is 22.1 Å². The first kappa shape index (κ1) is 15.1. The van der Waals surface area contributed by atoms with E-state index in [-0.39, 0.29) is 19.1 Å². The van der Waals surface area contributed by atoms with Crippen molar-refractivity contribution in [1.82, 2.24) is 10.3 Å². The van der Waals surface area contributed by atoms with E-state index in [0.29, 0.717) is 16.9 Å². The summed E-state index contributed by atoms with van der Waals surface area (Å²) in [6.45, 7) is 0.466. The van der Waals surface area contributed by atoms with Gasteiger partial charge in [0.1, 0.15) is 12.4 Å². The van der Waals surface area contributed by atoms with Crippen molar-refractivity contribution in [2.75, 3.05) is 13.2 Å². The minimum atomic E-state index is -0.230. The SMILES string of the molecule is N#Cc1ccc(C(=O)NCC#CCOc2cccnc2)cc1.